The van der Waals surface area contributed by atoms with Crippen molar-refractivity contribution in [2.24, 2.45) is 0 Å². The second-order valence-corrected chi connectivity index (χ2v) is 6.22. The molecule has 0 bridgehead atoms. The van der Waals surface area contributed by atoms with Crippen LogP contribution in [-0.2, 0) is 6.61 Å². The first-order chi connectivity index (χ1) is 11.1. The van der Waals surface area contributed by atoms with Crippen molar-refractivity contribution in [1.29, 1.82) is 0 Å². The van der Waals surface area contributed by atoms with E-state index in [0.29, 0.717) is 22.5 Å². The number of hydrogen-bond acceptors (Lipinski definition) is 4. The van der Waals surface area contributed by atoms with Crippen molar-refractivity contribution >= 4 is 21.6 Å². The van der Waals surface area contributed by atoms with Gasteiger partial charge in [0.15, 0.2) is 17.3 Å². The Morgan fingerprint density at radius 2 is 2.09 bits per heavy atom. The predicted octanol–water partition coefficient (Wildman–Crippen LogP) is 4.37. The van der Waals surface area contributed by atoms with E-state index in [-0.39, 0.29) is 18.4 Å². The Morgan fingerprint density at radius 3 is 2.78 bits per heavy atom. The Bertz CT molecular complexity index is 706. The summed E-state index contributed by atoms with van der Waals surface area (Å²) in [7, 11) is 1.61. The van der Waals surface area contributed by atoms with Gasteiger partial charge in [-0.1, -0.05) is 12.1 Å². The van der Waals surface area contributed by atoms with Crippen LogP contribution in [0.25, 0.3) is 0 Å². The number of methoxy groups -OCH3 is 1. The molecule has 0 aromatic heterocycles. The minimum Gasteiger partial charge on any atom is -0.497 e. The monoisotopic (exact) mass is 381 g/mol. The molecule has 0 fully saturated rings. The van der Waals surface area contributed by atoms with Gasteiger partial charge in [0.05, 0.1) is 17.6 Å². The highest BCUT2D eigenvalue weighted by Gasteiger charge is 2.25. The molecule has 23 heavy (non-hydrogen) atoms. The quantitative estimate of drug-likeness (QED) is 0.853. The molecular weight excluding hydrogens is 365 g/mol. The molecule has 0 saturated carbocycles. The number of halogens is 2. The summed E-state index contributed by atoms with van der Waals surface area (Å²) in [6.45, 7) is 2.75. The summed E-state index contributed by atoms with van der Waals surface area (Å²) >= 11 is 3.32. The van der Waals surface area contributed by atoms with Crippen LogP contribution in [-0.4, -0.2) is 19.8 Å². The van der Waals surface area contributed by atoms with Gasteiger partial charge >= 0.3 is 0 Å². The van der Waals surface area contributed by atoms with Gasteiger partial charge in [0.25, 0.3) is 0 Å². The smallest absolute Gasteiger partial charge is 0.182 e. The summed E-state index contributed by atoms with van der Waals surface area (Å²) in [6, 6.07) is 8.90. The van der Waals surface area contributed by atoms with Crippen molar-refractivity contribution in [3.05, 3.63) is 46.2 Å². The van der Waals surface area contributed by atoms with Crippen LogP contribution in [0, 0.1) is 5.82 Å². The molecule has 4 nitrogen and oxygen atoms in total. The summed E-state index contributed by atoms with van der Waals surface area (Å²) in [5.74, 6) is 1.08. The van der Waals surface area contributed by atoms with E-state index in [1.807, 2.05) is 31.2 Å². The number of nitrogens with one attached hydrogen (secondary N) is 1. The van der Waals surface area contributed by atoms with E-state index in [9.17, 15) is 4.39 Å². The van der Waals surface area contributed by atoms with Crippen LogP contribution in [0.15, 0.2) is 34.8 Å². The molecule has 1 N–H and O–H groups in total. The van der Waals surface area contributed by atoms with Gasteiger partial charge in [0.1, 0.15) is 24.7 Å². The fourth-order valence-electron chi connectivity index (χ4n) is 2.37. The first kappa shape index (κ1) is 15.9. The molecule has 3 rings (SSSR count). The molecule has 122 valence electrons. The third-order valence-electron chi connectivity index (χ3n) is 3.55. The van der Waals surface area contributed by atoms with E-state index in [1.165, 1.54) is 6.07 Å². The number of rotatable bonds is 4. The van der Waals surface area contributed by atoms with Crippen LogP contribution < -0.4 is 19.5 Å². The van der Waals surface area contributed by atoms with Crippen LogP contribution in [0.5, 0.6) is 17.2 Å². The molecule has 0 radical (unpaired) electrons. The van der Waals surface area contributed by atoms with Gasteiger partial charge in [-0.05, 0) is 46.6 Å². The Balaban J connectivity index is 1.84. The van der Waals surface area contributed by atoms with E-state index in [2.05, 4.69) is 21.2 Å². The Morgan fingerprint density at radius 1 is 1.35 bits per heavy atom. The zero-order chi connectivity index (χ0) is 16.4. The number of anilines is 1. The minimum atomic E-state index is -0.436. The molecule has 1 atom stereocenters. The zero-order valence-electron chi connectivity index (χ0n) is 12.9. The van der Waals surface area contributed by atoms with Crippen molar-refractivity contribution in [2.75, 3.05) is 19.0 Å². The van der Waals surface area contributed by atoms with E-state index >= 15 is 0 Å². The van der Waals surface area contributed by atoms with Crippen LogP contribution in [0.4, 0.5) is 10.1 Å². The normalized spacial score (nSPS) is 16.1. The highest BCUT2D eigenvalue weighted by atomic mass is 79.9. The summed E-state index contributed by atoms with van der Waals surface area (Å²) in [6.07, 6.45) is 0. The Hall–Kier alpha value is -1.95. The number of benzene rings is 2. The molecule has 1 aliphatic heterocycles. The average molecular weight is 382 g/mol. The molecule has 0 saturated heterocycles. The lowest BCUT2D eigenvalue weighted by Crippen LogP contribution is -2.29. The lowest BCUT2D eigenvalue weighted by atomic mass is 10.2. The summed E-state index contributed by atoms with van der Waals surface area (Å²) < 4.78 is 31.4. The highest BCUT2D eigenvalue weighted by Crippen LogP contribution is 2.45. The van der Waals surface area contributed by atoms with E-state index in [1.54, 1.807) is 7.11 Å². The lowest BCUT2D eigenvalue weighted by Gasteiger charge is -2.27. The van der Waals surface area contributed by atoms with E-state index < -0.39 is 5.82 Å². The van der Waals surface area contributed by atoms with Crippen molar-refractivity contribution in [2.45, 2.75) is 19.6 Å². The highest BCUT2D eigenvalue weighted by molar-refractivity contribution is 9.10. The van der Waals surface area contributed by atoms with Crippen molar-refractivity contribution < 1.29 is 18.6 Å². The van der Waals surface area contributed by atoms with Gasteiger partial charge < -0.3 is 19.5 Å². The first-order valence-corrected chi connectivity index (χ1v) is 8.05. The second-order valence-electron chi connectivity index (χ2n) is 5.37. The molecule has 0 aliphatic carbocycles. The topological polar surface area (TPSA) is 39.7 Å². The fourth-order valence-corrected chi connectivity index (χ4v) is 2.88. The first-order valence-electron chi connectivity index (χ1n) is 7.25. The second kappa shape index (κ2) is 6.66. The standard InChI is InChI=1S/C17H17BrFNO3/c1-10-8-22-16-13(18)7-14(19)17(15(16)20-10)23-9-11-3-5-12(21-2)6-4-11/h3-7,10,20H,8-9H2,1-2H3. The molecule has 0 spiro atoms. The third-order valence-corrected chi connectivity index (χ3v) is 4.14. The lowest BCUT2D eigenvalue weighted by molar-refractivity contribution is 0.268. The van der Waals surface area contributed by atoms with E-state index in [0.717, 1.165) is 11.3 Å². The molecule has 1 aliphatic rings. The van der Waals surface area contributed by atoms with Crippen LogP contribution >= 0.6 is 15.9 Å². The van der Waals surface area contributed by atoms with Crippen LogP contribution in [0.2, 0.25) is 0 Å². The van der Waals surface area contributed by atoms with Gasteiger partial charge in [-0.3, -0.25) is 0 Å². The number of ether oxygens (including phenoxy) is 3. The van der Waals surface area contributed by atoms with Gasteiger partial charge in [0.2, 0.25) is 0 Å². The third kappa shape index (κ3) is 3.37. The molecule has 2 aromatic carbocycles. The molecule has 1 heterocycles. The summed E-state index contributed by atoms with van der Waals surface area (Å²) in [5, 5.41) is 3.22. The Labute approximate surface area is 142 Å². The maximum Gasteiger partial charge on any atom is 0.182 e. The Kier molecular flexibility index (Phi) is 4.61. The molecular formula is C17H17BrFNO3. The van der Waals surface area contributed by atoms with Gasteiger partial charge in [-0.2, -0.15) is 0 Å². The molecule has 1 unspecified atom stereocenters. The molecule has 6 heteroatoms. The van der Waals surface area contributed by atoms with Crippen molar-refractivity contribution in [3.8, 4) is 17.2 Å². The van der Waals surface area contributed by atoms with Crippen LogP contribution in [0.1, 0.15) is 12.5 Å². The summed E-state index contributed by atoms with van der Waals surface area (Å²) in [4.78, 5) is 0. The molecule has 2 aromatic rings. The van der Waals surface area contributed by atoms with Gasteiger partial charge in [-0.25, -0.2) is 4.39 Å². The van der Waals surface area contributed by atoms with Gasteiger partial charge in [0, 0.05) is 0 Å². The number of fused-ring (bicyclic) bond motifs is 1. The largest absolute Gasteiger partial charge is 0.497 e. The SMILES string of the molecule is COc1ccc(COc2c(F)cc(Br)c3c2NC(C)CO3)cc1. The summed E-state index contributed by atoms with van der Waals surface area (Å²) in [5.41, 5.74) is 1.47. The predicted molar refractivity (Wildman–Crippen MR) is 90.0 cm³/mol. The maximum absolute atomic E-state index is 14.3. The maximum atomic E-state index is 14.3. The van der Waals surface area contributed by atoms with E-state index in [4.69, 9.17) is 14.2 Å². The average Bonchev–Trinajstić information content (AvgIpc) is 2.55. The van der Waals surface area contributed by atoms with Crippen LogP contribution in [0.3, 0.4) is 0 Å². The van der Waals surface area contributed by atoms with Crippen molar-refractivity contribution in [3.63, 3.8) is 0 Å². The van der Waals surface area contributed by atoms with Gasteiger partial charge in [-0.15, -0.1) is 0 Å². The fraction of sp³-hybridized carbons (Fsp3) is 0.294. The molecule has 0 amide bonds. The van der Waals surface area contributed by atoms with Crippen molar-refractivity contribution in [1.82, 2.24) is 0 Å². The minimum absolute atomic E-state index is 0.0829. The number of hydrogen-bond donors (Lipinski definition) is 1. The zero-order valence-corrected chi connectivity index (χ0v) is 14.4.